The third kappa shape index (κ3) is 4.12. The molecule has 1 atom stereocenters. The van der Waals surface area contributed by atoms with Gasteiger partial charge in [0.2, 0.25) is 0 Å². The predicted molar refractivity (Wildman–Crippen MR) is 101 cm³/mol. The topological polar surface area (TPSA) is 108 Å². The minimum Gasteiger partial charge on any atom is -0.364 e. The summed E-state index contributed by atoms with van der Waals surface area (Å²) in [6.45, 7) is 6.20. The summed E-state index contributed by atoms with van der Waals surface area (Å²) in [5.41, 5.74) is 0.676. The van der Waals surface area contributed by atoms with E-state index in [1.807, 2.05) is 23.6 Å². The van der Waals surface area contributed by atoms with Crippen molar-refractivity contribution in [1.29, 1.82) is 0 Å². The van der Waals surface area contributed by atoms with Crippen molar-refractivity contribution in [2.75, 3.05) is 31.1 Å². The number of hydrogen-bond acceptors (Lipinski definition) is 5. The fourth-order valence-corrected chi connectivity index (χ4v) is 3.69. The molecule has 3 rings (SSSR count). The van der Waals surface area contributed by atoms with E-state index < -0.39 is 4.92 Å². The average molecular weight is 375 g/mol. The third-order valence-corrected chi connectivity index (χ3v) is 4.92. The van der Waals surface area contributed by atoms with Crippen LogP contribution in [0.2, 0.25) is 0 Å². The van der Waals surface area contributed by atoms with Crippen LogP contribution in [-0.2, 0) is 0 Å². The normalized spacial score (nSPS) is 20.0. The molecule has 2 aliphatic rings. The molecular weight excluding hydrogens is 350 g/mol. The molecular formula is C18H25N5O4. The number of urea groups is 1. The molecule has 1 unspecified atom stereocenters. The van der Waals surface area contributed by atoms with Crippen LogP contribution >= 0.6 is 0 Å². The van der Waals surface area contributed by atoms with Gasteiger partial charge in [0.1, 0.15) is 5.69 Å². The van der Waals surface area contributed by atoms with E-state index in [0.29, 0.717) is 31.9 Å². The van der Waals surface area contributed by atoms with Gasteiger partial charge in [-0.15, -0.1) is 0 Å². The maximum atomic E-state index is 12.2. The quantitative estimate of drug-likeness (QED) is 0.602. The van der Waals surface area contributed by atoms with Gasteiger partial charge >= 0.3 is 6.03 Å². The summed E-state index contributed by atoms with van der Waals surface area (Å²) in [6.07, 6.45) is 1.73. The van der Waals surface area contributed by atoms with Gasteiger partial charge in [0.25, 0.3) is 11.6 Å². The van der Waals surface area contributed by atoms with Crippen LogP contribution in [-0.4, -0.2) is 60.0 Å². The molecule has 2 heterocycles. The molecule has 9 heteroatoms. The molecule has 0 bridgehead atoms. The number of nitrogens with one attached hydrogen (secondary N) is 2. The summed E-state index contributed by atoms with van der Waals surface area (Å²) in [5, 5.41) is 17.2. The lowest BCUT2D eigenvalue weighted by atomic mass is 10.0. The summed E-state index contributed by atoms with van der Waals surface area (Å²) < 4.78 is 0. The molecule has 2 aliphatic heterocycles. The lowest BCUT2D eigenvalue weighted by molar-refractivity contribution is -0.384. The molecule has 0 aromatic heterocycles. The first-order valence-corrected chi connectivity index (χ1v) is 9.25. The second kappa shape index (κ2) is 7.81. The Bertz CT molecular complexity index is 751. The summed E-state index contributed by atoms with van der Waals surface area (Å²) >= 11 is 0. The highest BCUT2D eigenvalue weighted by molar-refractivity contribution is 5.96. The van der Waals surface area contributed by atoms with Crippen molar-refractivity contribution >= 4 is 23.3 Å². The first-order valence-electron chi connectivity index (χ1n) is 9.25. The molecule has 3 amide bonds. The van der Waals surface area contributed by atoms with E-state index >= 15 is 0 Å². The number of nitro benzene ring substituents is 1. The smallest absolute Gasteiger partial charge is 0.317 e. The van der Waals surface area contributed by atoms with Crippen LogP contribution < -0.4 is 15.5 Å². The number of amides is 3. The molecule has 0 spiro atoms. The Morgan fingerprint density at radius 3 is 2.78 bits per heavy atom. The Balaban J connectivity index is 1.83. The highest BCUT2D eigenvalue weighted by atomic mass is 16.6. The fraction of sp³-hybridized carbons (Fsp3) is 0.556. The Hall–Kier alpha value is -2.84. The summed E-state index contributed by atoms with van der Waals surface area (Å²) in [5.74, 6) is -0.329. The molecule has 27 heavy (non-hydrogen) atoms. The van der Waals surface area contributed by atoms with Gasteiger partial charge in [-0.25, -0.2) is 4.79 Å². The van der Waals surface area contributed by atoms with Gasteiger partial charge in [-0.1, -0.05) is 0 Å². The Kier molecular flexibility index (Phi) is 5.48. The van der Waals surface area contributed by atoms with Crippen molar-refractivity contribution in [1.82, 2.24) is 15.5 Å². The highest BCUT2D eigenvalue weighted by Gasteiger charge is 2.33. The van der Waals surface area contributed by atoms with Crippen molar-refractivity contribution in [2.24, 2.45) is 0 Å². The molecule has 9 nitrogen and oxygen atoms in total. The van der Waals surface area contributed by atoms with E-state index in [-0.39, 0.29) is 35.3 Å². The number of hydrogen-bond donors (Lipinski definition) is 2. The molecule has 0 radical (unpaired) electrons. The van der Waals surface area contributed by atoms with E-state index in [1.165, 1.54) is 6.07 Å². The number of nitrogens with zero attached hydrogens (tertiary/aromatic N) is 3. The van der Waals surface area contributed by atoms with E-state index in [0.717, 1.165) is 12.8 Å². The zero-order valence-corrected chi connectivity index (χ0v) is 15.6. The van der Waals surface area contributed by atoms with Gasteiger partial charge in [0.05, 0.1) is 11.0 Å². The van der Waals surface area contributed by atoms with Crippen LogP contribution in [0.3, 0.4) is 0 Å². The molecule has 1 aromatic carbocycles. The van der Waals surface area contributed by atoms with Crippen LogP contribution in [0, 0.1) is 10.1 Å². The fourth-order valence-electron chi connectivity index (χ4n) is 3.69. The lowest BCUT2D eigenvalue weighted by Gasteiger charge is -2.38. The SMILES string of the molecule is CC(C)NC(=O)c1ccc(N2CCCC(N3CCNC3=O)C2)c([N+](=O)[O-])c1. The summed E-state index contributed by atoms with van der Waals surface area (Å²) in [7, 11) is 0. The van der Waals surface area contributed by atoms with E-state index in [1.54, 1.807) is 12.1 Å². The predicted octanol–water partition coefficient (Wildman–Crippen LogP) is 1.73. The average Bonchev–Trinajstić information content (AvgIpc) is 3.06. The second-order valence-corrected chi connectivity index (χ2v) is 7.26. The Morgan fingerprint density at radius 1 is 1.37 bits per heavy atom. The monoisotopic (exact) mass is 375 g/mol. The van der Waals surface area contributed by atoms with Crippen LogP contribution in [0.5, 0.6) is 0 Å². The largest absolute Gasteiger partial charge is 0.364 e. The number of anilines is 1. The minimum atomic E-state index is -0.451. The van der Waals surface area contributed by atoms with Crippen molar-refractivity contribution in [3.05, 3.63) is 33.9 Å². The third-order valence-electron chi connectivity index (χ3n) is 4.92. The second-order valence-electron chi connectivity index (χ2n) is 7.26. The van der Waals surface area contributed by atoms with Gasteiger partial charge in [0.15, 0.2) is 0 Å². The number of nitro groups is 1. The van der Waals surface area contributed by atoms with Crippen LogP contribution in [0.4, 0.5) is 16.2 Å². The molecule has 2 fully saturated rings. The molecule has 0 aliphatic carbocycles. The zero-order chi connectivity index (χ0) is 19.6. The first-order chi connectivity index (χ1) is 12.9. The number of rotatable bonds is 5. The summed E-state index contributed by atoms with van der Waals surface area (Å²) in [4.78, 5) is 39.1. The van der Waals surface area contributed by atoms with E-state index in [4.69, 9.17) is 0 Å². The molecule has 146 valence electrons. The van der Waals surface area contributed by atoms with Gasteiger partial charge in [-0.05, 0) is 38.8 Å². The van der Waals surface area contributed by atoms with Crippen molar-refractivity contribution < 1.29 is 14.5 Å². The summed E-state index contributed by atoms with van der Waals surface area (Å²) in [6, 6.07) is 4.50. The first kappa shape index (κ1) is 18.9. The van der Waals surface area contributed by atoms with Crippen LogP contribution in [0.15, 0.2) is 18.2 Å². The maximum absolute atomic E-state index is 12.2. The lowest BCUT2D eigenvalue weighted by Crippen LogP contribution is -2.49. The van der Waals surface area contributed by atoms with Gasteiger partial charge in [-0.3, -0.25) is 14.9 Å². The molecule has 2 N–H and O–H groups in total. The number of carbonyl (C=O) groups excluding carboxylic acids is 2. The van der Waals surface area contributed by atoms with Crippen molar-refractivity contribution in [2.45, 2.75) is 38.8 Å². The van der Waals surface area contributed by atoms with Gasteiger partial charge in [-0.2, -0.15) is 0 Å². The van der Waals surface area contributed by atoms with Crippen LogP contribution in [0.25, 0.3) is 0 Å². The van der Waals surface area contributed by atoms with Crippen molar-refractivity contribution in [3.63, 3.8) is 0 Å². The number of piperidine rings is 1. The van der Waals surface area contributed by atoms with Gasteiger partial charge in [0, 0.05) is 43.9 Å². The zero-order valence-electron chi connectivity index (χ0n) is 15.6. The Morgan fingerprint density at radius 2 is 2.15 bits per heavy atom. The maximum Gasteiger partial charge on any atom is 0.317 e. The van der Waals surface area contributed by atoms with Crippen LogP contribution in [0.1, 0.15) is 37.0 Å². The Labute approximate surface area is 157 Å². The molecule has 0 saturated carbocycles. The van der Waals surface area contributed by atoms with E-state index in [9.17, 15) is 19.7 Å². The van der Waals surface area contributed by atoms with E-state index in [2.05, 4.69) is 10.6 Å². The number of benzene rings is 1. The molecule has 1 aromatic rings. The molecule has 2 saturated heterocycles. The highest BCUT2D eigenvalue weighted by Crippen LogP contribution is 2.32. The standard InChI is InChI=1S/C18H25N5O4/c1-12(2)20-17(24)13-5-6-15(16(10-13)23(26)27)21-8-3-4-14(11-21)22-9-7-19-18(22)25/h5-6,10,12,14H,3-4,7-9,11H2,1-2H3,(H,19,25)(H,20,24). The minimum absolute atomic E-state index is 0.0322. The number of carbonyl (C=O) groups is 2. The van der Waals surface area contributed by atoms with Crippen molar-refractivity contribution in [3.8, 4) is 0 Å². The van der Waals surface area contributed by atoms with Gasteiger partial charge < -0.3 is 20.4 Å².